The summed E-state index contributed by atoms with van der Waals surface area (Å²) in [7, 11) is 0. The summed E-state index contributed by atoms with van der Waals surface area (Å²) < 4.78 is 0. The molecule has 3 rings (SSSR count). The number of β-amino-alcohol motifs (C(OH)–C–C–N with tert-alkyl or cyclic N) is 1. The van der Waals surface area contributed by atoms with E-state index in [0.29, 0.717) is 30.4 Å². The van der Waals surface area contributed by atoms with Gasteiger partial charge in [0.1, 0.15) is 23.8 Å². The van der Waals surface area contributed by atoms with Crippen molar-refractivity contribution in [2.24, 2.45) is 0 Å². The van der Waals surface area contributed by atoms with Gasteiger partial charge in [0, 0.05) is 36.5 Å². The van der Waals surface area contributed by atoms with Gasteiger partial charge in [0.25, 0.3) is 0 Å². The predicted molar refractivity (Wildman–Crippen MR) is 105 cm³/mol. The third-order valence-corrected chi connectivity index (χ3v) is 4.01. The normalized spacial score (nSPS) is 13.4. The lowest BCUT2D eigenvalue weighted by Crippen LogP contribution is -2.30. The zero-order chi connectivity index (χ0) is 19.4. The minimum absolute atomic E-state index is 0.107. The molecule has 4 N–H and O–H groups in total. The highest BCUT2D eigenvalue weighted by molar-refractivity contribution is 5.69. The summed E-state index contributed by atoms with van der Waals surface area (Å²) in [5.41, 5.74) is 2.54. The van der Waals surface area contributed by atoms with Crippen LogP contribution >= 0.6 is 0 Å². The number of anilines is 3. The van der Waals surface area contributed by atoms with Gasteiger partial charge >= 0.3 is 0 Å². The molecular weight excluding hydrogens is 344 g/mol. The molecule has 0 atom stereocenters. The first-order chi connectivity index (χ1) is 12.9. The first kappa shape index (κ1) is 19.1. The second kappa shape index (κ2) is 7.89. The zero-order valence-electron chi connectivity index (χ0n) is 15.9. The van der Waals surface area contributed by atoms with Crippen molar-refractivity contribution >= 4 is 23.5 Å². The number of aliphatic hydroxyl groups is 2. The van der Waals surface area contributed by atoms with Crippen LogP contribution in [-0.2, 0) is 13.2 Å². The fourth-order valence-electron chi connectivity index (χ4n) is 2.84. The Labute approximate surface area is 159 Å². The Balaban J connectivity index is 1.95. The molecule has 144 valence electrons. The molecule has 8 nitrogen and oxygen atoms in total. The van der Waals surface area contributed by atoms with E-state index in [4.69, 9.17) is 4.98 Å². The monoisotopic (exact) mass is 370 g/mol. The lowest BCUT2D eigenvalue weighted by Gasteiger charge is -2.29. The summed E-state index contributed by atoms with van der Waals surface area (Å²) in [5.74, 6) is 2.03. The second-order valence-electron chi connectivity index (χ2n) is 7.49. The van der Waals surface area contributed by atoms with E-state index in [1.165, 1.54) is 6.33 Å². The molecule has 0 saturated heterocycles. The fraction of sp³-hybridized carbons (Fsp3) is 0.421. The molecule has 2 aromatic rings. The van der Waals surface area contributed by atoms with Crippen molar-refractivity contribution in [3.05, 3.63) is 41.5 Å². The van der Waals surface area contributed by atoms with Crippen LogP contribution in [0.5, 0.6) is 0 Å². The van der Waals surface area contributed by atoms with Crippen molar-refractivity contribution in [2.45, 2.75) is 39.5 Å². The van der Waals surface area contributed by atoms with E-state index in [0.717, 1.165) is 16.9 Å². The van der Waals surface area contributed by atoms with Gasteiger partial charge in [-0.2, -0.15) is 0 Å². The number of nitrogens with zero attached hydrogens (tertiary/aromatic N) is 4. The van der Waals surface area contributed by atoms with Gasteiger partial charge in [-0.3, -0.25) is 0 Å². The first-order valence-corrected chi connectivity index (χ1v) is 8.92. The lowest BCUT2D eigenvalue weighted by molar-refractivity contribution is 0.232. The maximum absolute atomic E-state index is 9.25. The number of rotatable bonds is 6. The van der Waals surface area contributed by atoms with Crippen molar-refractivity contribution in [3.63, 3.8) is 0 Å². The fourth-order valence-corrected chi connectivity index (χ4v) is 2.84. The smallest absolute Gasteiger partial charge is 0.135 e. The highest BCUT2D eigenvalue weighted by Crippen LogP contribution is 2.30. The predicted octanol–water partition coefficient (Wildman–Crippen LogP) is 2.10. The molecular formula is C19H26N6O2. The van der Waals surface area contributed by atoms with Gasteiger partial charge in [0.05, 0.1) is 18.9 Å². The van der Waals surface area contributed by atoms with Gasteiger partial charge in [-0.05, 0) is 38.5 Å². The molecule has 0 amide bonds. The van der Waals surface area contributed by atoms with Crippen LogP contribution in [0.3, 0.4) is 0 Å². The van der Waals surface area contributed by atoms with Crippen LogP contribution in [0.15, 0.2) is 24.7 Å². The maximum Gasteiger partial charge on any atom is 0.135 e. The number of nitrogens with one attached hydrogen (secondary N) is 2. The zero-order valence-corrected chi connectivity index (χ0v) is 15.9. The van der Waals surface area contributed by atoms with Crippen molar-refractivity contribution in [2.75, 3.05) is 23.8 Å². The number of fused-ring (bicyclic) bond motifs is 1. The Bertz CT molecular complexity index is 831. The summed E-state index contributed by atoms with van der Waals surface area (Å²) >= 11 is 0. The molecule has 0 unspecified atom stereocenters. The van der Waals surface area contributed by atoms with E-state index in [9.17, 15) is 10.2 Å². The van der Waals surface area contributed by atoms with Crippen LogP contribution < -0.4 is 10.6 Å². The van der Waals surface area contributed by atoms with Crippen LogP contribution in [-0.4, -0.2) is 48.8 Å². The topological polar surface area (TPSA) is 106 Å². The van der Waals surface area contributed by atoms with Crippen LogP contribution in [0.2, 0.25) is 0 Å². The molecule has 0 aromatic carbocycles. The average molecular weight is 370 g/mol. The van der Waals surface area contributed by atoms with E-state index >= 15 is 0 Å². The van der Waals surface area contributed by atoms with Crippen molar-refractivity contribution < 1.29 is 10.2 Å². The largest absolute Gasteiger partial charge is 0.395 e. The van der Waals surface area contributed by atoms with Gasteiger partial charge in [-0.25, -0.2) is 15.0 Å². The van der Waals surface area contributed by atoms with Crippen molar-refractivity contribution in [3.8, 4) is 0 Å². The van der Waals surface area contributed by atoms with Crippen molar-refractivity contribution in [1.29, 1.82) is 0 Å². The van der Waals surface area contributed by atoms with Gasteiger partial charge in [0.2, 0.25) is 0 Å². The Kier molecular flexibility index (Phi) is 5.57. The number of aromatic nitrogens is 3. The van der Waals surface area contributed by atoms with Crippen LogP contribution in [0, 0.1) is 0 Å². The summed E-state index contributed by atoms with van der Waals surface area (Å²) in [6.45, 7) is 7.48. The molecule has 0 radical (unpaired) electrons. The molecule has 0 aliphatic carbocycles. The summed E-state index contributed by atoms with van der Waals surface area (Å²) in [5, 5.41) is 25.1. The average Bonchev–Trinajstić information content (AvgIpc) is 2.61. The second-order valence-corrected chi connectivity index (χ2v) is 7.49. The van der Waals surface area contributed by atoms with Gasteiger partial charge in [-0.15, -0.1) is 0 Å². The quantitative estimate of drug-likeness (QED) is 0.612. The Morgan fingerprint density at radius 3 is 2.67 bits per heavy atom. The van der Waals surface area contributed by atoms with E-state index in [2.05, 4.69) is 46.3 Å². The third-order valence-electron chi connectivity index (χ3n) is 4.01. The van der Waals surface area contributed by atoms with Gasteiger partial charge < -0.3 is 25.7 Å². The molecule has 2 aromatic heterocycles. The number of hydrogen-bond donors (Lipinski definition) is 4. The number of hydrogen-bond acceptors (Lipinski definition) is 8. The highest BCUT2D eigenvalue weighted by Gasteiger charge is 2.20. The van der Waals surface area contributed by atoms with Crippen molar-refractivity contribution in [1.82, 2.24) is 19.9 Å². The minimum Gasteiger partial charge on any atom is -0.395 e. The third kappa shape index (κ3) is 4.93. The Morgan fingerprint density at radius 2 is 1.96 bits per heavy atom. The van der Waals surface area contributed by atoms with E-state index in [1.54, 1.807) is 6.07 Å². The molecule has 1 aliphatic rings. The number of pyridine rings is 1. The standard InChI is InChI=1S/C19H26N6O2/c1-19(2,3)24-18-15-10-25(6-7-26)5-4-13(15)8-17(23-18)22-16-9-14(11-27)20-12-21-16/h4-5,8-9,12,26-27H,6-7,10-11H2,1-3H3,(H2,20,21,22,23,24). The Morgan fingerprint density at radius 1 is 1.15 bits per heavy atom. The molecule has 0 fully saturated rings. The molecule has 8 heteroatoms. The van der Waals surface area contributed by atoms with Gasteiger partial charge in [-0.1, -0.05) is 0 Å². The molecule has 1 aliphatic heterocycles. The maximum atomic E-state index is 9.25. The van der Waals surface area contributed by atoms with Crippen LogP contribution in [0.25, 0.3) is 6.08 Å². The molecule has 0 saturated carbocycles. The summed E-state index contributed by atoms with van der Waals surface area (Å²) in [6, 6.07) is 3.66. The summed E-state index contributed by atoms with van der Waals surface area (Å²) in [6.07, 6.45) is 5.42. The SMILES string of the molecule is CC(C)(C)Nc1nc(Nc2cc(CO)ncn2)cc2c1CN(CCO)C=C2. The highest BCUT2D eigenvalue weighted by atomic mass is 16.3. The molecule has 27 heavy (non-hydrogen) atoms. The van der Waals surface area contributed by atoms with E-state index in [1.807, 2.05) is 18.3 Å². The molecule has 0 bridgehead atoms. The Hall–Kier alpha value is -2.71. The number of aliphatic hydroxyl groups excluding tert-OH is 2. The molecule has 3 heterocycles. The van der Waals surface area contributed by atoms with E-state index in [-0.39, 0.29) is 18.8 Å². The van der Waals surface area contributed by atoms with Crippen LogP contribution in [0.4, 0.5) is 17.5 Å². The first-order valence-electron chi connectivity index (χ1n) is 8.92. The molecule has 0 spiro atoms. The minimum atomic E-state index is -0.151. The van der Waals surface area contributed by atoms with Crippen LogP contribution in [0.1, 0.15) is 37.6 Å². The lowest BCUT2D eigenvalue weighted by atomic mass is 10.0. The summed E-state index contributed by atoms with van der Waals surface area (Å²) in [4.78, 5) is 15.0. The van der Waals surface area contributed by atoms with E-state index < -0.39 is 0 Å². The van der Waals surface area contributed by atoms with Gasteiger partial charge in [0.15, 0.2) is 0 Å².